The van der Waals surface area contributed by atoms with Crippen LogP contribution in [0.15, 0.2) is 0 Å². The van der Waals surface area contributed by atoms with E-state index >= 15 is 0 Å². The third-order valence-corrected chi connectivity index (χ3v) is 8.12. The molecule has 2 unspecified atom stereocenters. The maximum absolute atomic E-state index is 12.2. The maximum Gasteiger partial charge on any atom is 0.220 e. The highest BCUT2D eigenvalue weighted by Gasteiger charge is 2.19. The van der Waals surface area contributed by atoms with Crippen LogP contribution < -0.4 is 5.32 Å². The number of nitrogens with one attached hydrogen (secondary N) is 1. The third-order valence-electron chi connectivity index (χ3n) is 8.12. The Balaban J connectivity index is 3.38. The minimum atomic E-state index is -0.648. The van der Waals surface area contributed by atoms with Crippen LogP contribution in [0.1, 0.15) is 194 Å². The summed E-state index contributed by atoms with van der Waals surface area (Å²) in [7, 11) is 0. The number of rotatable bonds is 31. The molecule has 0 aromatic rings. The second-order valence-electron chi connectivity index (χ2n) is 11.9. The quantitative estimate of drug-likeness (QED) is 0.0768. The molecule has 0 bridgehead atoms. The Morgan fingerprint density at radius 3 is 1.18 bits per heavy atom. The van der Waals surface area contributed by atoms with Gasteiger partial charge in [-0.1, -0.05) is 174 Å². The Morgan fingerprint density at radius 2 is 0.842 bits per heavy atom. The average molecular weight is 540 g/mol. The highest BCUT2D eigenvalue weighted by atomic mass is 16.3. The van der Waals surface area contributed by atoms with Gasteiger partial charge in [-0.15, -0.1) is 0 Å². The zero-order chi connectivity index (χ0) is 27.9. The topological polar surface area (TPSA) is 69.6 Å². The van der Waals surface area contributed by atoms with Crippen molar-refractivity contribution in [1.82, 2.24) is 5.32 Å². The van der Waals surface area contributed by atoms with E-state index in [4.69, 9.17) is 0 Å². The van der Waals surface area contributed by atoms with Crippen molar-refractivity contribution in [3.8, 4) is 0 Å². The lowest BCUT2D eigenvalue weighted by Crippen LogP contribution is -2.45. The van der Waals surface area contributed by atoms with Crippen LogP contribution in [-0.2, 0) is 4.79 Å². The smallest absolute Gasteiger partial charge is 0.220 e. The minimum Gasteiger partial charge on any atom is -0.394 e. The number of unbranched alkanes of at least 4 members (excludes halogenated alkanes) is 24. The van der Waals surface area contributed by atoms with E-state index in [1.54, 1.807) is 0 Å². The van der Waals surface area contributed by atoms with Crippen molar-refractivity contribution in [1.29, 1.82) is 0 Å². The summed E-state index contributed by atoms with van der Waals surface area (Å²) >= 11 is 0. The fourth-order valence-corrected chi connectivity index (χ4v) is 5.42. The molecule has 0 aliphatic rings. The lowest BCUT2D eigenvalue weighted by Gasteiger charge is -2.22. The molecule has 3 N–H and O–H groups in total. The summed E-state index contributed by atoms with van der Waals surface area (Å²) in [4.78, 5) is 12.2. The zero-order valence-corrected chi connectivity index (χ0v) is 26.0. The second-order valence-corrected chi connectivity index (χ2v) is 11.9. The summed E-state index contributed by atoms with van der Waals surface area (Å²) in [6.45, 7) is 4.28. The van der Waals surface area contributed by atoms with E-state index in [0.29, 0.717) is 12.8 Å². The molecule has 0 saturated carbocycles. The Labute approximate surface area is 238 Å². The summed E-state index contributed by atoms with van der Waals surface area (Å²) in [5.74, 6) is -0.0353. The fraction of sp³-hybridized carbons (Fsp3) is 0.971. The van der Waals surface area contributed by atoms with E-state index in [-0.39, 0.29) is 12.5 Å². The lowest BCUT2D eigenvalue weighted by atomic mass is 10.0. The van der Waals surface area contributed by atoms with Crippen molar-refractivity contribution >= 4 is 5.91 Å². The molecule has 0 saturated heterocycles. The molecular weight excluding hydrogens is 470 g/mol. The largest absolute Gasteiger partial charge is 0.394 e. The first-order chi connectivity index (χ1) is 18.7. The van der Waals surface area contributed by atoms with Gasteiger partial charge >= 0.3 is 0 Å². The van der Waals surface area contributed by atoms with Crippen LogP contribution in [0, 0.1) is 0 Å². The van der Waals surface area contributed by atoms with Crippen molar-refractivity contribution in [2.75, 3.05) is 6.61 Å². The predicted molar refractivity (Wildman–Crippen MR) is 166 cm³/mol. The van der Waals surface area contributed by atoms with Gasteiger partial charge in [0.2, 0.25) is 5.91 Å². The zero-order valence-electron chi connectivity index (χ0n) is 26.0. The van der Waals surface area contributed by atoms with Crippen LogP contribution in [0.4, 0.5) is 0 Å². The van der Waals surface area contributed by atoms with E-state index in [9.17, 15) is 15.0 Å². The predicted octanol–water partition coefficient (Wildman–Crippen LogP) is 9.79. The summed E-state index contributed by atoms with van der Waals surface area (Å²) in [5.41, 5.74) is 0. The minimum absolute atomic E-state index is 0.0353. The van der Waals surface area contributed by atoms with Crippen molar-refractivity contribution in [2.45, 2.75) is 206 Å². The Morgan fingerprint density at radius 1 is 0.526 bits per heavy atom. The molecule has 38 heavy (non-hydrogen) atoms. The van der Waals surface area contributed by atoms with Crippen molar-refractivity contribution in [3.05, 3.63) is 0 Å². The highest BCUT2D eigenvalue weighted by molar-refractivity contribution is 5.76. The standard InChI is InChI=1S/C34H69NO3/c1-3-5-7-9-10-11-12-13-14-15-16-17-18-19-20-21-22-23-24-26-28-30-34(38)35-32(31-36)33(37)29-27-25-8-6-4-2/h32-33,36-37H,3-31H2,1-2H3,(H,35,38). The van der Waals surface area contributed by atoms with E-state index in [0.717, 1.165) is 25.7 Å². The number of aliphatic hydroxyl groups excluding tert-OH is 2. The summed E-state index contributed by atoms with van der Waals surface area (Å²) < 4.78 is 0. The monoisotopic (exact) mass is 540 g/mol. The van der Waals surface area contributed by atoms with Crippen LogP contribution in [-0.4, -0.2) is 34.9 Å². The van der Waals surface area contributed by atoms with Gasteiger partial charge in [0, 0.05) is 6.42 Å². The van der Waals surface area contributed by atoms with Crippen LogP contribution in [0.5, 0.6) is 0 Å². The highest BCUT2D eigenvalue weighted by Crippen LogP contribution is 2.15. The van der Waals surface area contributed by atoms with Gasteiger partial charge in [0.1, 0.15) is 0 Å². The molecule has 1 amide bonds. The van der Waals surface area contributed by atoms with Crippen LogP contribution in [0.3, 0.4) is 0 Å². The Hall–Kier alpha value is -0.610. The Kier molecular flexibility index (Phi) is 30.4. The molecule has 0 spiro atoms. The normalized spacial score (nSPS) is 13.1. The first kappa shape index (κ1) is 37.4. The van der Waals surface area contributed by atoms with Gasteiger partial charge in [-0.2, -0.15) is 0 Å². The SMILES string of the molecule is CCCCCCCCCCCCCCCCCCCCCCCC(=O)NC(CO)C(O)CCCCCCC. The van der Waals surface area contributed by atoms with Gasteiger partial charge in [0.15, 0.2) is 0 Å². The molecule has 228 valence electrons. The van der Waals surface area contributed by atoms with Gasteiger partial charge in [-0.25, -0.2) is 0 Å². The molecule has 0 aliphatic carbocycles. The van der Waals surface area contributed by atoms with Crippen molar-refractivity contribution in [2.24, 2.45) is 0 Å². The van der Waals surface area contributed by atoms with E-state index in [1.165, 1.54) is 141 Å². The number of hydrogen-bond donors (Lipinski definition) is 3. The number of aliphatic hydroxyl groups is 2. The number of carbonyl (C=O) groups is 1. The van der Waals surface area contributed by atoms with Gasteiger partial charge in [-0.3, -0.25) is 4.79 Å². The molecule has 0 aromatic heterocycles. The first-order valence-electron chi connectivity index (χ1n) is 17.2. The molecule has 4 heteroatoms. The molecule has 4 nitrogen and oxygen atoms in total. The molecule has 0 rings (SSSR count). The van der Waals surface area contributed by atoms with E-state index in [1.807, 2.05) is 0 Å². The fourth-order valence-electron chi connectivity index (χ4n) is 5.42. The number of amides is 1. The Bertz CT molecular complexity index is 471. The molecule has 2 atom stereocenters. The second kappa shape index (κ2) is 30.9. The van der Waals surface area contributed by atoms with E-state index in [2.05, 4.69) is 19.2 Å². The molecule has 0 heterocycles. The van der Waals surface area contributed by atoms with Gasteiger partial charge < -0.3 is 15.5 Å². The lowest BCUT2D eigenvalue weighted by molar-refractivity contribution is -0.123. The average Bonchev–Trinajstić information content (AvgIpc) is 2.92. The summed E-state index contributed by atoms with van der Waals surface area (Å²) in [6, 6.07) is -0.524. The van der Waals surface area contributed by atoms with Gasteiger partial charge in [-0.05, 0) is 12.8 Å². The van der Waals surface area contributed by atoms with Gasteiger partial charge in [0.05, 0.1) is 18.8 Å². The van der Waals surface area contributed by atoms with Crippen LogP contribution in [0.2, 0.25) is 0 Å². The third kappa shape index (κ3) is 27.0. The number of carbonyl (C=O) groups excluding carboxylic acids is 1. The maximum atomic E-state index is 12.2. The van der Waals surface area contributed by atoms with Crippen molar-refractivity contribution < 1.29 is 15.0 Å². The van der Waals surface area contributed by atoms with Gasteiger partial charge in [0.25, 0.3) is 0 Å². The molecule has 0 fully saturated rings. The molecular formula is C34H69NO3. The molecule has 0 aromatic carbocycles. The summed E-state index contributed by atoms with van der Waals surface area (Å²) in [5, 5.41) is 22.7. The summed E-state index contributed by atoms with van der Waals surface area (Å²) in [6.07, 6.45) is 34.7. The molecule has 0 aliphatic heterocycles. The number of hydrogen-bond acceptors (Lipinski definition) is 3. The van der Waals surface area contributed by atoms with Crippen LogP contribution >= 0.6 is 0 Å². The van der Waals surface area contributed by atoms with E-state index < -0.39 is 12.1 Å². The molecule has 0 radical (unpaired) electrons. The van der Waals surface area contributed by atoms with Crippen molar-refractivity contribution in [3.63, 3.8) is 0 Å². The first-order valence-corrected chi connectivity index (χ1v) is 17.2. The van der Waals surface area contributed by atoms with Crippen LogP contribution in [0.25, 0.3) is 0 Å².